The van der Waals surface area contributed by atoms with Gasteiger partial charge in [0.2, 0.25) is 0 Å². The number of rotatable bonds is 4. The zero-order valence-corrected chi connectivity index (χ0v) is 13.7. The average Bonchev–Trinajstić information content (AvgIpc) is 3.09. The van der Waals surface area contributed by atoms with Crippen LogP contribution in [-0.2, 0) is 6.54 Å². The first-order valence-electron chi connectivity index (χ1n) is 7.89. The van der Waals surface area contributed by atoms with E-state index in [0.29, 0.717) is 11.6 Å². The molecule has 2 heterocycles. The van der Waals surface area contributed by atoms with E-state index in [1.54, 1.807) is 30.3 Å². The Morgan fingerprint density at radius 3 is 2.59 bits per heavy atom. The Hall–Kier alpha value is -3.75. The molecule has 0 aliphatic heterocycles. The summed E-state index contributed by atoms with van der Waals surface area (Å²) in [6, 6.07) is 11.4. The van der Waals surface area contributed by atoms with Gasteiger partial charge in [-0.2, -0.15) is 4.68 Å². The zero-order valence-electron chi connectivity index (χ0n) is 13.7. The van der Waals surface area contributed by atoms with E-state index in [2.05, 4.69) is 15.3 Å². The molecule has 0 bridgehead atoms. The molecule has 2 aromatic heterocycles. The number of benzene rings is 2. The van der Waals surface area contributed by atoms with Gasteiger partial charge in [0.1, 0.15) is 17.8 Å². The van der Waals surface area contributed by atoms with Gasteiger partial charge >= 0.3 is 0 Å². The highest BCUT2D eigenvalue weighted by Crippen LogP contribution is 2.16. The second-order valence-electron chi connectivity index (χ2n) is 5.74. The van der Waals surface area contributed by atoms with Crippen molar-refractivity contribution in [1.82, 2.24) is 24.5 Å². The molecule has 0 aliphatic rings. The van der Waals surface area contributed by atoms with Gasteiger partial charge in [-0.05, 0) is 12.1 Å². The van der Waals surface area contributed by atoms with Gasteiger partial charge in [-0.3, -0.25) is 14.2 Å². The third-order valence-electron chi connectivity index (χ3n) is 3.98. The van der Waals surface area contributed by atoms with Gasteiger partial charge in [-0.1, -0.05) is 35.5 Å². The van der Waals surface area contributed by atoms with Crippen LogP contribution >= 0.6 is 0 Å². The minimum Gasteiger partial charge on any atom is -0.292 e. The average molecular weight is 367 g/mol. The lowest BCUT2D eigenvalue weighted by molar-refractivity contribution is 0.0970. The monoisotopic (exact) mass is 367 g/mol. The summed E-state index contributed by atoms with van der Waals surface area (Å²) in [5.74, 6) is -1.88. The Kier molecular flexibility index (Phi) is 4.03. The fraction of sp³-hybridized carbons (Fsp3) is 0.0556. The van der Waals surface area contributed by atoms with E-state index in [-0.39, 0.29) is 29.2 Å². The molecule has 4 aromatic rings. The van der Waals surface area contributed by atoms with Crippen LogP contribution < -0.4 is 5.56 Å². The molecule has 0 fully saturated rings. The molecule has 7 nitrogen and oxygen atoms in total. The maximum absolute atomic E-state index is 14.0. The molecule has 2 aromatic carbocycles. The SMILES string of the molecule is O=C(Cn1cnc2c(nnn2-c2ccc(F)cc2F)c1=O)c1ccccc1. The lowest BCUT2D eigenvalue weighted by Gasteiger charge is -2.06. The first-order valence-corrected chi connectivity index (χ1v) is 7.89. The Morgan fingerprint density at radius 1 is 1.07 bits per heavy atom. The van der Waals surface area contributed by atoms with Crippen LogP contribution in [0.4, 0.5) is 8.78 Å². The van der Waals surface area contributed by atoms with Crippen molar-refractivity contribution < 1.29 is 13.6 Å². The molecule has 9 heteroatoms. The number of carbonyl (C=O) groups is 1. The summed E-state index contributed by atoms with van der Waals surface area (Å²) in [5, 5.41) is 7.48. The normalized spacial score (nSPS) is 11.0. The molecule has 0 N–H and O–H groups in total. The Labute approximate surface area is 150 Å². The van der Waals surface area contributed by atoms with Crippen molar-refractivity contribution in [2.24, 2.45) is 0 Å². The summed E-state index contributed by atoms with van der Waals surface area (Å²) in [7, 11) is 0. The third-order valence-corrected chi connectivity index (χ3v) is 3.98. The molecule has 0 spiro atoms. The standard InChI is InChI=1S/C18H11F2N5O2/c19-12-6-7-14(13(20)8-12)25-17-16(22-23-25)18(27)24(10-21-17)9-15(26)11-4-2-1-3-5-11/h1-8,10H,9H2. The first kappa shape index (κ1) is 16.7. The first-order chi connectivity index (χ1) is 13.0. The zero-order chi connectivity index (χ0) is 19.0. The summed E-state index contributed by atoms with van der Waals surface area (Å²) in [5.41, 5.74) is -0.334. The van der Waals surface area contributed by atoms with Crippen LogP contribution in [0.2, 0.25) is 0 Å². The molecule has 0 aliphatic carbocycles. The van der Waals surface area contributed by atoms with Gasteiger partial charge in [-0.15, -0.1) is 5.10 Å². The van der Waals surface area contributed by atoms with Crippen LogP contribution in [0.15, 0.2) is 59.7 Å². The number of hydrogen-bond donors (Lipinski definition) is 0. The van der Waals surface area contributed by atoms with Gasteiger partial charge < -0.3 is 0 Å². The van der Waals surface area contributed by atoms with Gasteiger partial charge in [0.15, 0.2) is 22.8 Å². The quantitative estimate of drug-likeness (QED) is 0.516. The Balaban J connectivity index is 1.74. The van der Waals surface area contributed by atoms with Crippen LogP contribution in [-0.4, -0.2) is 30.3 Å². The minimum absolute atomic E-state index is 0.00826. The number of hydrogen-bond acceptors (Lipinski definition) is 5. The molecular formula is C18H11F2N5O2. The van der Waals surface area contributed by atoms with Crippen molar-refractivity contribution in [2.75, 3.05) is 0 Å². The molecule has 27 heavy (non-hydrogen) atoms. The molecule has 0 saturated heterocycles. The third kappa shape index (κ3) is 2.99. The summed E-state index contributed by atoms with van der Waals surface area (Å²) < 4.78 is 29.2. The molecule has 0 unspecified atom stereocenters. The summed E-state index contributed by atoms with van der Waals surface area (Å²) in [6.45, 7) is -0.219. The molecule has 4 rings (SSSR count). The molecule has 0 atom stereocenters. The maximum Gasteiger partial charge on any atom is 0.283 e. The van der Waals surface area contributed by atoms with Crippen LogP contribution in [0.5, 0.6) is 0 Å². The predicted molar refractivity (Wildman–Crippen MR) is 91.6 cm³/mol. The number of ketones is 1. The van der Waals surface area contributed by atoms with Crippen LogP contribution in [0, 0.1) is 11.6 Å². The van der Waals surface area contributed by atoms with Crippen molar-refractivity contribution in [3.63, 3.8) is 0 Å². The van der Waals surface area contributed by atoms with E-state index < -0.39 is 17.2 Å². The van der Waals surface area contributed by atoms with Gasteiger partial charge in [0.25, 0.3) is 5.56 Å². The van der Waals surface area contributed by atoms with Gasteiger partial charge in [0.05, 0.1) is 6.54 Å². The number of Topliss-reactive ketones (excluding diaryl/α,β-unsaturated/α-hetero) is 1. The topological polar surface area (TPSA) is 82.7 Å². The second kappa shape index (κ2) is 6.52. The predicted octanol–water partition coefficient (Wildman–Crippen LogP) is 2.14. The number of nitrogens with zero attached hydrogens (tertiary/aromatic N) is 5. The Bertz CT molecular complexity index is 1220. The molecule has 134 valence electrons. The summed E-state index contributed by atoms with van der Waals surface area (Å²) in [6.07, 6.45) is 1.17. The largest absolute Gasteiger partial charge is 0.292 e. The van der Waals surface area contributed by atoms with Gasteiger partial charge in [-0.25, -0.2) is 13.8 Å². The molecule has 0 saturated carbocycles. The number of halogens is 2. The van der Waals surface area contributed by atoms with E-state index in [1.807, 2.05) is 0 Å². The molecule has 0 radical (unpaired) electrons. The summed E-state index contributed by atoms with van der Waals surface area (Å²) in [4.78, 5) is 28.9. The highest BCUT2D eigenvalue weighted by molar-refractivity contribution is 5.95. The van der Waals surface area contributed by atoms with E-state index in [1.165, 1.54) is 12.4 Å². The fourth-order valence-corrected chi connectivity index (χ4v) is 2.64. The smallest absolute Gasteiger partial charge is 0.283 e. The van der Waals surface area contributed by atoms with Crippen molar-refractivity contribution >= 4 is 16.9 Å². The highest BCUT2D eigenvalue weighted by Gasteiger charge is 2.17. The van der Waals surface area contributed by atoms with E-state index in [9.17, 15) is 18.4 Å². The number of carbonyl (C=O) groups excluding carboxylic acids is 1. The highest BCUT2D eigenvalue weighted by atomic mass is 19.1. The number of aromatic nitrogens is 5. The van der Waals surface area contributed by atoms with E-state index in [0.717, 1.165) is 15.3 Å². The van der Waals surface area contributed by atoms with Crippen molar-refractivity contribution in [3.8, 4) is 5.69 Å². The van der Waals surface area contributed by atoms with Crippen molar-refractivity contribution in [2.45, 2.75) is 6.54 Å². The lowest BCUT2D eigenvalue weighted by Crippen LogP contribution is -2.25. The van der Waals surface area contributed by atoms with Crippen molar-refractivity contribution in [3.05, 3.63) is 82.4 Å². The van der Waals surface area contributed by atoms with Gasteiger partial charge in [0, 0.05) is 11.6 Å². The second-order valence-corrected chi connectivity index (χ2v) is 5.74. The van der Waals surface area contributed by atoms with E-state index >= 15 is 0 Å². The summed E-state index contributed by atoms with van der Waals surface area (Å²) >= 11 is 0. The van der Waals surface area contributed by atoms with Crippen molar-refractivity contribution in [1.29, 1.82) is 0 Å². The Morgan fingerprint density at radius 2 is 1.85 bits per heavy atom. The molecule has 0 amide bonds. The van der Waals surface area contributed by atoms with E-state index in [4.69, 9.17) is 0 Å². The minimum atomic E-state index is -0.868. The van der Waals surface area contributed by atoms with Crippen LogP contribution in [0.3, 0.4) is 0 Å². The molecular weight excluding hydrogens is 356 g/mol. The van der Waals surface area contributed by atoms with Crippen LogP contribution in [0.1, 0.15) is 10.4 Å². The number of fused-ring (bicyclic) bond motifs is 1. The lowest BCUT2D eigenvalue weighted by atomic mass is 10.1. The fourth-order valence-electron chi connectivity index (χ4n) is 2.64. The maximum atomic E-state index is 14.0. The van der Waals surface area contributed by atoms with Crippen LogP contribution in [0.25, 0.3) is 16.9 Å².